The topological polar surface area (TPSA) is 91.0 Å². The van der Waals surface area contributed by atoms with Crippen LogP contribution < -0.4 is 10.7 Å². The minimum absolute atomic E-state index is 0.0446. The van der Waals surface area contributed by atoms with Crippen LogP contribution in [-0.4, -0.2) is 65.5 Å². The zero-order chi connectivity index (χ0) is 22.0. The van der Waals surface area contributed by atoms with E-state index >= 15 is 0 Å². The number of amides is 2. The maximum Gasteiger partial charge on any atom is 0.325 e. The Morgan fingerprint density at radius 3 is 2.71 bits per heavy atom. The van der Waals surface area contributed by atoms with Crippen LogP contribution in [-0.2, 0) is 25.7 Å². The highest BCUT2D eigenvalue weighted by molar-refractivity contribution is 5.85. The molecule has 1 aromatic rings. The lowest BCUT2D eigenvalue weighted by molar-refractivity contribution is -0.157. The average molecular weight is 432 g/mol. The molecule has 4 atom stereocenters. The SMILES string of the molecule is CCOC(=O)CNC(=O)C1CCC2C(C1)N(Cc1ccc(F)cc1)C(=O)C1CCNN12. The Bertz CT molecular complexity index is 833. The lowest BCUT2D eigenvalue weighted by atomic mass is 9.78. The van der Waals surface area contributed by atoms with Gasteiger partial charge >= 0.3 is 5.97 Å². The molecule has 4 unspecified atom stereocenters. The molecule has 1 aliphatic carbocycles. The van der Waals surface area contributed by atoms with E-state index in [4.69, 9.17) is 4.74 Å². The van der Waals surface area contributed by atoms with Crippen molar-refractivity contribution in [3.8, 4) is 0 Å². The van der Waals surface area contributed by atoms with E-state index in [9.17, 15) is 18.8 Å². The fourth-order valence-electron chi connectivity index (χ4n) is 5.05. The van der Waals surface area contributed by atoms with Crippen LogP contribution >= 0.6 is 0 Å². The molecule has 4 rings (SSSR count). The van der Waals surface area contributed by atoms with E-state index in [1.165, 1.54) is 12.1 Å². The Balaban J connectivity index is 1.49. The zero-order valence-corrected chi connectivity index (χ0v) is 17.7. The third-order valence-electron chi connectivity index (χ3n) is 6.50. The van der Waals surface area contributed by atoms with Gasteiger partial charge in [-0.15, -0.1) is 0 Å². The molecule has 1 aromatic carbocycles. The van der Waals surface area contributed by atoms with Crippen LogP contribution in [0, 0.1) is 11.7 Å². The molecule has 3 aliphatic rings. The Morgan fingerprint density at radius 1 is 1.19 bits per heavy atom. The number of hydrogen-bond donors (Lipinski definition) is 2. The summed E-state index contributed by atoms with van der Waals surface area (Å²) < 4.78 is 18.2. The molecular weight excluding hydrogens is 403 g/mol. The van der Waals surface area contributed by atoms with Gasteiger partial charge in [0.05, 0.1) is 6.61 Å². The number of hydrazine groups is 1. The molecule has 2 N–H and O–H groups in total. The number of carbonyl (C=O) groups excluding carboxylic acids is 3. The summed E-state index contributed by atoms with van der Waals surface area (Å²) in [6.07, 6.45) is 2.75. The molecule has 2 aliphatic heterocycles. The van der Waals surface area contributed by atoms with E-state index < -0.39 is 5.97 Å². The second-order valence-electron chi connectivity index (χ2n) is 8.38. The summed E-state index contributed by atoms with van der Waals surface area (Å²) in [6, 6.07) is 5.99. The summed E-state index contributed by atoms with van der Waals surface area (Å²) in [7, 11) is 0. The van der Waals surface area contributed by atoms with Gasteiger partial charge in [-0.1, -0.05) is 12.1 Å². The van der Waals surface area contributed by atoms with E-state index in [1.807, 2.05) is 4.90 Å². The lowest BCUT2D eigenvalue weighted by Crippen LogP contribution is -2.68. The predicted molar refractivity (Wildman–Crippen MR) is 110 cm³/mol. The second kappa shape index (κ2) is 9.32. The van der Waals surface area contributed by atoms with Gasteiger partial charge in [-0.3, -0.25) is 19.8 Å². The van der Waals surface area contributed by atoms with Crippen LogP contribution in [0.25, 0.3) is 0 Å². The smallest absolute Gasteiger partial charge is 0.325 e. The number of nitrogens with one attached hydrogen (secondary N) is 2. The standard InChI is InChI=1S/C22H29FN4O4/c1-2-31-20(28)12-24-21(29)15-5-8-17-19(11-15)26(13-14-3-6-16(23)7-4-14)22(30)18-9-10-25-27(17)18/h3-4,6-7,15,17-19,25H,2,5,8-13H2,1H3,(H,24,29). The number of piperazine rings is 1. The number of benzene rings is 1. The highest BCUT2D eigenvalue weighted by Gasteiger charge is 2.51. The number of ether oxygens (including phenoxy) is 1. The highest BCUT2D eigenvalue weighted by atomic mass is 19.1. The molecule has 0 spiro atoms. The molecule has 168 valence electrons. The molecule has 31 heavy (non-hydrogen) atoms. The number of esters is 1. The van der Waals surface area contributed by atoms with Crippen molar-refractivity contribution < 1.29 is 23.5 Å². The first-order chi connectivity index (χ1) is 15.0. The van der Waals surface area contributed by atoms with Gasteiger partial charge in [-0.2, -0.15) is 0 Å². The maximum atomic E-state index is 13.3. The number of nitrogens with zero attached hydrogens (tertiary/aromatic N) is 2. The average Bonchev–Trinajstić information content (AvgIpc) is 3.26. The number of fused-ring (bicyclic) bond motifs is 3. The number of hydrogen-bond acceptors (Lipinski definition) is 6. The van der Waals surface area contributed by atoms with Gasteiger partial charge in [0.25, 0.3) is 0 Å². The van der Waals surface area contributed by atoms with Gasteiger partial charge < -0.3 is 15.0 Å². The number of rotatable bonds is 6. The largest absolute Gasteiger partial charge is 0.465 e. The summed E-state index contributed by atoms with van der Waals surface area (Å²) in [5.41, 5.74) is 4.22. The van der Waals surface area contributed by atoms with Gasteiger partial charge in [0.15, 0.2) is 0 Å². The van der Waals surface area contributed by atoms with E-state index in [1.54, 1.807) is 19.1 Å². The molecule has 3 fully saturated rings. The fourth-order valence-corrected chi connectivity index (χ4v) is 5.05. The van der Waals surface area contributed by atoms with Gasteiger partial charge in [-0.25, -0.2) is 9.40 Å². The van der Waals surface area contributed by atoms with Crippen LogP contribution in [0.15, 0.2) is 24.3 Å². The molecule has 0 bridgehead atoms. The van der Waals surface area contributed by atoms with E-state index in [2.05, 4.69) is 15.8 Å². The van der Waals surface area contributed by atoms with Crippen molar-refractivity contribution in [3.63, 3.8) is 0 Å². The Morgan fingerprint density at radius 2 is 1.97 bits per heavy atom. The first-order valence-corrected chi connectivity index (χ1v) is 11.0. The van der Waals surface area contributed by atoms with Crippen molar-refractivity contribution >= 4 is 17.8 Å². The monoisotopic (exact) mass is 432 g/mol. The molecule has 2 saturated heterocycles. The molecule has 0 aromatic heterocycles. The van der Waals surface area contributed by atoms with Crippen LogP contribution in [0.4, 0.5) is 4.39 Å². The normalized spacial score (nSPS) is 28.1. The van der Waals surface area contributed by atoms with Crippen molar-refractivity contribution in [1.29, 1.82) is 0 Å². The summed E-state index contributed by atoms with van der Waals surface area (Å²) in [4.78, 5) is 39.5. The van der Waals surface area contributed by atoms with Crippen LogP contribution in [0.1, 0.15) is 38.2 Å². The van der Waals surface area contributed by atoms with Crippen LogP contribution in [0.2, 0.25) is 0 Å². The highest BCUT2D eigenvalue weighted by Crippen LogP contribution is 2.38. The van der Waals surface area contributed by atoms with Gasteiger partial charge in [-0.05, 0) is 50.3 Å². The molecule has 1 saturated carbocycles. The van der Waals surface area contributed by atoms with Gasteiger partial charge in [0, 0.05) is 31.1 Å². The molecule has 0 radical (unpaired) electrons. The summed E-state index contributed by atoms with van der Waals surface area (Å²) >= 11 is 0. The first kappa shape index (κ1) is 21.7. The first-order valence-electron chi connectivity index (χ1n) is 11.0. The van der Waals surface area contributed by atoms with E-state index in [0.717, 1.165) is 24.9 Å². The van der Waals surface area contributed by atoms with Gasteiger partial charge in [0.2, 0.25) is 11.8 Å². The minimum atomic E-state index is -0.459. The lowest BCUT2D eigenvalue weighted by Gasteiger charge is -2.51. The molecular formula is C22H29FN4O4. The molecule has 2 heterocycles. The molecule has 2 amide bonds. The second-order valence-corrected chi connectivity index (χ2v) is 8.38. The Hall–Kier alpha value is -2.52. The number of halogens is 1. The van der Waals surface area contributed by atoms with Crippen molar-refractivity contribution in [2.75, 3.05) is 19.7 Å². The van der Waals surface area contributed by atoms with Crippen molar-refractivity contribution in [2.45, 2.75) is 57.3 Å². The summed E-state index contributed by atoms with van der Waals surface area (Å²) in [6.45, 7) is 2.99. The molecule has 8 nitrogen and oxygen atoms in total. The van der Waals surface area contributed by atoms with Crippen molar-refractivity contribution in [2.24, 2.45) is 5.92 Å². The van der Waals surface area contributed by atoms with Gasteiger partial charge in [0.1, 0.15) is 18.4 Å². The molecule has 9 heteroatoms. The van der Waals surface area contributed by atoms with E-state index in [0.29, 0.717) is 19.4 Å². The quantitative estimate of drug-likeness (QED) is 0.651. The summed E-state index contributed by atoms with van der Waals surface area (Å²) in [5.74, 6) is -1.19. The van der Waals surface area contributed by atoms with Crippen molar-refractivity contribution in [1.82, 2.24) is 20.7 Å². The maximum absolute atomic E-state index is 13.3. The predicted octanol–water partition coefficient (Wildman–Crippen LogP) is 0.963. The Labute approximate surface area is 181 Å². The minimum Gasteiger partial charge on any atom is -0.465 e. The third kappa shape index (κ3) is 4.57. The third-order valence-corrected chi connectivity index (χ3v) is 6.50. The summed E-state index contributed by atoms with van der Waals surface area (Å²) in [5, 5.41) is 4.76. The van der Waals surface area contributed by atoms with Crippen molar-refractivity contribution in [3.05, 3.63) is 35.6 Å². The van der Waals surface area contributed by atoms with E-state index in [-0.39, 0.29) is 54.8 Å². The van der Waals surface area contributed by atoms with Crippen LogP contribution in [0.3, 0.4) is 0 Å². The fraction of sp³-hybridized carbons (Fsp3) is 0.591. The van der Waals surface area contributed by atoms with Crippen LogP contribution in [0.5, 0.6) is 0 Å². The zero-order valence-electron chi connectivity index (χ0n) is 17.7. The number of carbonyl (C=O) groups is 3. The Kier molecular flexibility index (Phi) is 6.52.